The Morgan fingerprint density at radius 2 is 1.76 bits per heavy atom. The van der Waals surface area contributed by atoms with Crippen molar-refractivity contribution in [2.45, 2.75) is 34.6 Å². The molecule has 0 saturated heterocycles. The minimum absolute atomic E-state index is 0.0766. The summed E-state index contributed by atoms with van der Waals surface area (Å²) < 4.78 is 2.17. The van der Waals surface area contributed by atoms with Crippen molar-refractivity contribution in [1.82, 2.24) is 4.57 Å². The Morgan fingerprint density at radius 3 is 2.45 bits per heavy atom. The van der Waals surface area contributed by atoms with Crippen LogP contribution in [0.1, 0.15) is 33.6 Å². The van der Waals surface area contributed by atoms with Gasteiger partial charge in [-0.3, -0.25) is 4.79 Å². The number of hydrogen-bond acceptors (Lipinski definition) is 2. The number of carbonyl (C=O) groups excluding carboxylic acids is 1. The van der Waals surface area contributed by atoms with Crippen LogP contribution in [0.2, 0.25) is 0 Å². The molecule has 3 rings (SSSR count). The molecule has 0 aliphatic carbocycles. The van der Waals surface area contributed by atoms with Crippen LogP contribution in [0.5, 0.6) is 0 Å². The van der Waals surface area contributed by atoms with Gasteiger partial charge < -0.3 is 9.88 Å². The third-order valence-electron chi connectivity index (χ3n) is 5.23. The van der Waals surface area contributed by atoms with E-state index in [4.69, 9.17) is 0 Å². The number of nitrogens with one attached hydrogen (secondary N) is 1. The Hall–Kier alpha value is -3.58. The van der Waals surface area contributed by atoms with Gasteiger partial charge in [0.2, 0.25) is 0 Å². The molecule has 146 valence electrons. The Morgan fingerprint density at radius 1 is 1.03 bits per heavy atom. The van der Waals surface area contributed by atoms with Crippen LogP contribution in [-0.2, 0) is 4.79 Å². The Balaban J connectivity index is 1.98. The van der Waals surface area contributed by atoms with Crippen molar-refractivity contribution in [3.63, 3.8) is 0 Å². The van der Waals surface area contributed by atoms with E-state index in [0.717, 1.165) is 28.2 Å². The first-order chi connectivity index (χ1) is 13.8. The van der Waals surface area contributed by atoms with Crippen molar-refractivity contribution in [3.05, 3.63) is 87.7 Å². The first-order valence-electron chi connectivity index (χ1n) is 9.57. The minimum atomic E-state index is -0.408. The summed E-state index contributed by atoms with van der Waals surface area (Å²) in [5, 5.41) is 12.4. The highest BCUT2D eigenvalue weighted by molar-refractivity contribution is 6.09. The lowest BCUT2D eigenvalue weighted by atomic mass is 10.1. The van der Waals surface area contributed by atoms with Gasteiger partial charge in [0.25, 0.3) is 5.91 Å². The number of carbonyl (C=O) groups is 1. The van der Waals surface area contributed by atoms with Gasteiger partial charge in [-0.15, -0.1) is 0 Å². The van der Waals surface area contributed by atoms with E-state index in [2.05, 4.69) is 35.9 Å². The van der Waals surface area contributed by atoms with Gasteiger partial charge in [0.1, 0.15) is 11.6 Å². The van der Waals surface area contributed by atoms with E-state index in [1.54, 1.807) is 6.08 Å². The largest absolute Gasteiger partial charge is 0.321 e. The number of rotatable bonds is 4. The van der Waals surface area contributed by atoms with Gasteiger partial charge in [0, 0.05) is 22.8 Å². The molecule has 0 atom stereocenters. The lowest BCUT2D eigenvalue weighted by molar-refractivity contribution is -0.112. The van der Waals surface area contributed by atoms with Gasteiger partial charge in [0.05, 0.1) is 0 Å². The van der Waals surface area contributed by atoms with E-state index >= 15 is 0 Å². The maximum absolute atomic E-state index is 12.6. The molecule has 1 amide bonds. The smallest absolute Gasteiger partial charge is 0.266 e. The summed E-state index contributed by atoms with van der Waals surface area (Å²) in [7, 11) is 0. The third kappa shape index (κ3) is 4.14. The molecule has 2 aromatic carbocycles. The zero-order chi connectivity index (χ0) is 21.1. The fourth-order valence-corrected chi connectivity index (χ4v) is 3.51. The van der Waals surface area contributed by atoms with Crippen LogP contribution < -0.4 is 5.32 Å². The number of benzene rings is 2. The second-order valence-electron chi connectivity index (χ2n) is 7.37. The summed E-state index contributed by atoms with van der Waals surface area (Å²) in [6.07, 6.45) is 1.66. The predicted molar refractivity (Wildman–Crippen MR) is 118 cm³/mol. The molecule has 1 aromatic heterocycles. The summed E-state index contributed by atoms with van der Waals surface area (Å²) in [5.74, 6) is -0.408. The first-order valence-corrected chi connectivity index (χ1v) is 9.57. The number of aryl methyl sites for hydroxylation is 3. The van der Waals surface area contributed by atoms with Crippen LogP contribution >= 0.6 is 0 Å². The van der Waals surface area contributed by atoms with Crippen molar-refractivity contribution in [1.29, 1.82) is 5.26 Å². The molecule has 4 heteroatoms. The maximum Gasteiger partial charge on any atom is 0.266 e. The van der Waals surface area contributed by atoms with Gasteiger partial charge in [-0.05, 0) is 87.2 Å². The summed E-state index contributed by atoms with van der Waals surface area (Å²) in [6, 6.07) is 17.8. The number of nitrogens with zero attached hydrogens (tertiary/aromatic N) is 2. The van der Waals surface area contributed by atoms with Crippen molar-refractivity contribution >= 4 is 17.7 Å². The molecule has 0 aliphatic heterocycles. The van der Waals surface area contributed by atoms with Gasteiger partial charge in [-0.1, -0.05) is 24.3 Å². The molecule has 1 N–H and O–H groups in total. The number of aromatic nitrogens is 1. The monoisotopic (exact) mass is 383 g/mol. The van der Waals surface area contributed by atoms with Gasteiger partial charge in [-0.25, -0.2) is 0 Å². The molecule has 4 nitrogen and oxygen atoms in total. The summed E-state index contributed by atoms with van der Waals surface area (Å²) in [6.45, 7) is 10.2. The third-order valence-corrected chi connectivity index (χ3v) is 5.23. The zero-order valence-electron chi connectivity index (χ0n) is 17.5. The van der Waals surface area contributed by atoms with Crippen molar-refractivity contribution < 1.29 is 4.79 Å². The average Bonchev–Trinajstić information content (AvgIpc) is 2.95. The number of hydrogen-bond donors (Lipinski definition) is 1. The Kier molecular flexibility index (Phi) is 5.70. The fraction of sp³-hybridized carbons (Fsp3) is 0.200. The van der Waals surface area contributed by atoms with E-state index in [-0.39, 0.29) is 5.57 Å². The highest BCUT2D eigenvalue weighted by Gasteiger charge is 2.15. The SMILES string of the molecule is Cc1cccc(NC(=O)/C(C#N)=C\c2cc(C)n(-c3cccc(C)c3C)c2C)c1. The van der Waals surface area contributed by atoms with Crippen molar-refractivity contribution in [3.8, 4) is 11.8 Å². The van der Waals surface area contributed by atoms with Crippen LogP contribution in [0.25, 0.3) is 11.8 Å². The van der Waals surface area contributed by atoms with Crippen molar-refractivity contribution in [2.75, 3.05) is 5.32 Å². The van der Waals surface area contributed by atoms with Crippen LogP contribution in [-0.4, -0.2) is 10.5 Å². The van der Waals surface area contributed by atoms with Crippen LogP contribution in [0, 0.1) is 45.9 Å². The highest BCUT2D eigenvalue weighted by atomic mass is 16.1. The molecule has 0 radical (unpaired) electrons. The molecular weight excluding hydrogens is 358 g/mol. The topological polar surface area (TPSA) is 57.8 Å². The highest BCUT2D eigenvalue weighted by Crippen LogP contribution is 2.26. The summed E-state index contributed by atoms with van der Waals surface area (Å²) in [5.41, 5.74) is 8.25. The number of amides is 1. The molecular formula is C25H25N3O. The second kappa shape index (κ2) is 8.20. The van der Waals surface area contributed by atoms with Crippen LogP contribution in [0.15, 0.2) is 54.1 Å². The van der Waals surface area contributed by atoms with Gasteiger partial charge in [-0.2, -0.15) is 5.26 Å². The van der Waals surface area contributed by atoms with E-state index < -0.39 is 5.91 Å². The van der Waals surface area contributed by atoms with Crippen molar-refractivity contribution in [2.24, 2.45) is 0 Å². The van der Waals surface area contributed by atoms with E-state index in [0.29, 0.717) is 5.69 Å². The molecule has 0 fully saturated rings. The minimum Gasteiger partial charge on any atom is -0.321 e. The molecule has 0 unspecified atom stereocenters. The molecule has 29 heavy (non-hydrogen) atoms. The second-order valence-corrected chi connectivity index (χ2v) is 7.37. The van der Waals surface area contributed by atoms with Crippen LogP contribution in [0.3, 0.4) is 0 Å². The van der Waals surface area contributed by atoms with Crippen LogP contribution in [0.4, 0.5) is 5.69 Å². The number of anilines is 1. The molecule has 0 aliphatic rings. The average molecular weight is 383 g/mol. The molecule has 0 bridgehead atoms. The summed E-state index contributed by atoms with van der Waals surface area (Å²) >= 11 is 0. The molecule has 0 spiro atoms. The standard InChI is InChI=1S/C25H25N3O/c1-16-8-6-10-23(12-16)27-25(29)22(15-26)14-21-13-18(3)28(20(21)5)24-11-7-9-17(2)19(24)4/h6-14H,1-5H3,(H,27,29)/b22-14-. The van der Waals surface area contributed by atoms with E-state index in [9.17, 15) is 10.1 Å². The molecule has 3 aromatic rings. The molecule has 0 saturated carbocycles. The lowest BCUT2D eigenvalue weighted by Crippen LogP contribution is -2.13. The lowest BCUT2D eigenvalue weighted by Gasteiger charge is -2.14. The van der Waals surface area contributed by atoms with E-state index in [1.807, 2.05) is 63.2 Å². The predicted octanol–water partition coefficient (Wildman–Crippen LogP) is 5.57. The Bertz CT molecular complexity index is 1160. The van der Waals surface area contributed by atoms with Gasteiger partial charge >= 0.3 is 0 Å². The summed E-state index contributed by atoms with van der Waals surface area (Å²) in [4.78, 5) is 12.6. The quantitative estimate of drug-likeness (QED) is 0.473. The fourth-order valence-electron chi connectivity index (χ4n) is 3.51. The normalized spacial score (nSPS) is 11.2. The molecule has 1 heterocycles. The first kappa shape index (κ1) is 20.2. The van der Waals surface area contributed by atoms with Gasteiger partial charge in [0.15, 0.2) is 0 Å². The Labute approximate surface area is 172 Å². The maximum atomic E-state index is 12.6. The van der Waals surface area contributed by atoms with E-state index in [1.165, 1.54) is 11.1 Å². The number of nitriles is 1. The zero-order valence-corrected chi connectivity index (χ0v) is 17.5.